The molecule has 2 fully saturated rings. The molecule has 1 unspecified atom stereocenters. The molecule has 0 radical (unpaired) electrons. The summed E-state index contributed by atoms with van der Waals surface area (Å²) in [5.41, 5.74) is 0.243. The number of rotatable bonds is 4. The normalized spacial score (nSPS) is 23.3. The lowest BCUT2D eigenvalue weighted by Gasteiger charge is -2.24. The van der Waals surface area contributed by atoms with E-state index >= 15 is 0 Å². The summed E-state index contributed by atoms with van der Waals surface area (Å²) in [5.74, 6) is 0.769. The molecule has 0 saturated carbocycles. The average Bonchev–Trinajstić information content (AvgIpc) is 3.22. The third-order valence-corrected chi connectivity index (χ3v) is 6.95. The van der Waals surface area contributed by atoms with Gasteiger partial charge < -0.3 is 15.0 Å². The summed E-state index contributed by atoms with van der Waals surface area (Å²) in [6.45, 7) is 3.80. The molecule has 26 heavy (non-hydrogen) atoms. The van der Waals surface area contributed by atoms with E-state index in [1.54, 1.807) is 19.2 Å². The van der Waals surface area contributed by atoms with Gasteiger partial charge in [-0.05, 0) is 37.1 Å². The number of sulfone groups is 1. The molecule has 1 atom stereocenters. The molecular formula is C17H25ClIN3O3S. The molecule has 0 aliphatic carbocycles. The van der Waals surface area contributed by atoms with E-state index in [9.17, 15) is 8.42 Å². The molecule has 0 aromatic heterocycles. The van der Waals surface area contributed by atoms with Crippen molar-refractivity contribution in [3.63, 3.8) is 0 Å². The molecule has 2 heterocycles. The first-order valence-electron chi connectivity index (χ1n) is 8.46. The number of hydrogen-bond donors (Lipinski definition) is 1. The molecule has 1 N–H and O–H groups in total. The number of ether oxygens (including phenoxy) is 1. The summed E-state index contributed by atoms with van der Waals surface area (Å²) < 4.78 is 30.3. The van der Waals surface area contributed by atoms with Crippen LogP contribution in [0.1, 0.15) is 12.8 Å². The van der Waals surface area contributed by atoms with Gasteiger partial charge in [-0.1, -0.05) is 11.6 Å². The van der Waals surface area contributed by atoms with Gasteiger partial charge in [0.1, 0.15) is 0 Å². The van der Waals surface area contributed by atoms with E-state index in [-0.39, 0.29) is 40.0 Å². The first kappa shape index (κ1) is 21.7. The number of benzene rings is 1. The Morgan fingerprint density at radius 1 is 1.35 bits per heavy atom. The van der Waals surface area contributed by atoms with E-state index in [0.29, 0.717) is 11.6 Å². The van der Waals surface area contributed by atoms with Crippen molar-refractivity contribution >= 4 is 51.4 Å². The van der Waals surface area contributed by atoms with Gasteiger partial charge in [0.05, 0.1) is 17.3 Å². The monoisotopic (exact) mass is 513 g/mol. The van der Waals surface area contributed by atoms with Crippen molar-refractivity contribution in [2.75, 3.05) is 45.6 Å². The first-order chi connectivity index (χ1) is 11.9. The second-order valence-electron chi connectivity index (χ2n) is 6.72. The molecule has 2 aliphatic rings. The Kier molecular flexibility index (Phi) is 7.58. The molecule has 1 aromatic rings. The number of guanidine groups is 1. The van der Waals surface area contributed by atoms with E-state index in [4.69, 9.17) is 16.3 Å². The standard InChI is InChI=1S/C17H24ClN3O3S.HI/c1-19-16(21-9-6-17(12-21)7-10-24-13-17)20-8-11-25(22,23)15-4-2-14(18)3-5-15;/h2-5H,6-13H2,1H3,(H,19,20);1H. The number of aliphatic imine (C=N–C) groups is 1. The summed E-state index contributed by atoms with van der Waals surface area (Å²) in [5, 5.41) is 3.71. The van der Waals surface area contributed by atoms with Crippen molar-refractivity contribution in [2.45, 2.75) is 17.7 Å². The summed E-state index contributed by atoms with van der Waals surface area (Å²) in [6, 6.07) is 6.26. The quantitative estimate of drug-likeness (QED) is 0.380. The summed E-state index contributed by atoms with van der Waals surface area (Å²) >= 11 is 5.81. The number of halogens is 2. The number of likely N-dealkylation sites (tertiary alicyclic amines) is 1. The third kappa shape index (κ3) is 5.02. The second kappa shape index (κ2) is 9.07. The molecule has 0 amide bonds. The van der Waals surface area contributed by atoms with Gasteiger partial charge >= 0.3 is 0 Å². The van der Waals surface area contributed by atoms with Crippen LogP contribution in [0.15, 0.2) is 34.2 Å². The highest BCUT2D eigenvalue weighted by Crippen LogP contribution is 2.38. The molecule has 9 heteroatoms. The predicted octanol–water partition coefficient (Wildman–Crippen LogP) is 2.42. The Bertz CT molecular complexity index is 734. The zero-order valence-corrected chi connectivity index (χ0v) is 18.7. The predicted molar refractivity (Wildman–Crippen MR) is 114 cm³/mol. The van der Waals surface area contributed by atoms with Gasteiger partial charge in [0.2, 0.25) is 0 Å². The maximum atomic E-state index is 12.4. The minimum absolute atomic E-state index is 0. The molecular weight excluding hydrogens is 489 g/mol. The lowest BCUT2D eigenvalue weighted by Crippen LogP contribution is -2.43. The van der Waals surface area contributed by atoms with Crippen LogP contribution in [0.3, 0.4) is 0 Å². The van der Waals surface area contributed by atoms with E-state index in [2.05, 4.69) is 15.2 Å². The van der Waals surface area contributed by atoms with Crippen molar-refractivity contribution < 1.29 is 13.2 Å². The lowest BCUT2D eigenvalue weighted by molar-refractivity contribution is 0.156. The van der Waals surface area contributed by atoms with Crippen molar-refractivity contribution in [3.05, 3.63) is 29.3 Å². The fraction of sp³-hybridized carbons (Fsp3) is 0.588. The van der Waals surface area contributed by atoms with Crippen molar-refractivity contribution in [1.29, 1.82) is 0 Å². The Morgan fingerprint density at radius 3 is 2.69 bits per heavy atom. The Hall–Kier alpha value is -0.580. The molecule has 1 aromatic carbocycles. The van der Waals surface area contributed by atoms with Crippen LogP contribution in [0.4, 0.5) is 0 Å². The van der Waals surface area contributed by atoms with Gasteiger partial charge in [0, 0.05) is 43.7 Å². The highest BCUT2D eigenvalue weighted by Gasteiger charge is 2.42. The van der Waals surface area contributed by atoms with Crippen LogP contribution in [-0.2, 0) is 14.6 Å². The molecule has 146 valence electrons. The SMILES string of the molecule is CN=C(NCCS(=O)(=O)c1ccc(Cl)cc1)N1CCC2(CCOC2)C1.I. The average molecular weight is 514 g/mol. The Balaban J connectivity index is 0.00000243. The fourth-order valence-corrected chi connectivity index (χ4v) is 4.76. The van der Waals surface area contributed by atoms with Gasteiger partial charge in [0.15, 0.2) is 15.8 Å². The van der Waals surface area contributed by atoms with Gasteiger partial charge in [-0.2, -0.15) is 0 Å². The zero-order valence-electron chi connectivity index (χ0n) is 14.8. The van der Waals surface area contributed by atoms with Crippen LogP contribution < -0.4 is 5.32 Å². The largest absolute Gasteiger partial charge is 0.381 e. The van der Waals surface area contributed by atoms with E-state index < -0.39 is 9.84 Å². The summed E-state index contributed by atoms with van der Waals surface area (Å²) in [4.78, 5) is 6.79. The van der Waals surface area contributed by atoms with Crippen molar-refractivity contribution in [2.24, 2.45) is 10.4 Å². The molecule has 6 nitrogen and oxygen atoms in total. The molecule has 2 saturated heterocycles. The second-order valence-corrected chi connectivity index (χ2v) is 9.27. The van der Waals surface area contributed by atoms with Crippen LogP contribution in [0.5, 0.6) is 0 Å². The van der Waals surface area contributed by atoms with Gasteiger partial charge in [-0.25, -0.2) is 8.42 Å². The summed E-state index contributed by atoms with van der Waals surface area (Å²) in [7, 11) is -1.61. The number of hydrogen-bond acceptors (Lipinski definition) is 4. The highest BCUT2D eigenvalue weighted by atomic mass is 127. The highest BCUT2D eigenvalue weighted by molar-refractivity contribution is 14.0. The fourth-order valence-electron chi connectivity index (χ4n) is 3.48. The first-order valence-corrected chi connectivity index (χ1v) is 10.5. The van der Waals surface area contributed by atoms with Crippen molar-refractivity contribution in [1.82, 2.24) is 10.2 Å². The van der Waals surface area contributed by atoms with Crippen LogP contribution in [-0.4, -0.2) is 64.9 Å². The Labute approximate surface area is 177 Å². The van der Waals surface area contributed by atoms with Gasteiger partial charge in [-0.3, -0.25) is 4.99 Å². The topological polar surface area (TPSA) is 71.0 Å². The zero-order chi connectivity index (χ0) is 17.9. The van der Waals surface area contributed by atoms with E-state index in [1.807, 2.05) is 0 Å². The van der Waals surface area contributed by atoms with E-state index in [1.165, 1.54) is 12.1 Å². The Morgan fingerprint density at radius 2 is 2.08 bits per heavy atom. The van der Waals surface area contributed by atoms with Gasteiger partial charge in [-0.15, -0.1) is 24.0 Å². The lowest BCUT2D eigenvalue weighted by atomic mass is 9.87. The van der Waals surface area contributed by atoms with E-state index in [0.717, 1.165) is 45.1 Å². The smallest absolute Gasteiger partial charge is 0.193 e. The van der Waals surface area contributed by atoms with Crippen molar-refractivity contribution in [3.8, 4) is 0 Å². The maximum Gasteiger partial charge on any atom is 0.193 e. The number of nitrogens with zero attached hydrogens (tertiary/aromatic N) is 2. The number of nitrogens with one attached hydrogen (secondary N) is 1. The maximum absolute atomic E-state index is 12.4. The minimum atomic E-state index is -3.34. The molecule has 2 aliphatic heterocycles. The molecule has 1 spiro atoms. The third-order valence-electron chi connectivity index (χ3n) is 4.96. The van der Waals surface area contributed by atoms with Crippen LogP contribution in [0.25, 0.3) is 0 Å². The van der Waals surface area contributed by atoms with Crippen LogP contribution in [0, 0.1) is 5.41 Å². The van der Waals surface area contributed by atoms with Crippen LogP contribution >= 0.6 is 35.6 Å². The summed E-state index contributed by atoms with van der Waals surface area (Å²) in [6.07, 6.45) is 2.18. The van der Waals surface area contributed by atoms with Gasteiger partial charge in [0.25, 0.3) is 0 Å². The molecule has 3 rings (SSSR count). The van der Waals surface area contributed by atoms with Crippen LogP contribution in [0.2, 0.25) is 5.02 Å². The molecule has 0 bridgehead atoms. The minimum Gasteiger partial charge on any atom is -0.381 e.